The van der Waals surface area contributed by atoms with E-state index >= 15 is 0 Å². The Bertz CT molecular complexity index is 476. The van der Waals surface area contributed by atoms with Crippen molar-refractivity contribution in [3.8, 4) is 5.69 Å². The molecule has 0 saturated heterocycles. The number of benzene rings is 1. The summed E-state index contributed by atoms with van der Waals surface area (Å²) in [7, 11) is 0. The molecular weight excluding hydrogens is 245 g/mol. The molecule has 1 aromatic heterocycles. The Morgan fingerprint density at radius 3 is 2.50 bits per heavy atom. The molecule has 2 rings (SSSR count). The maximum absolute atomic E-state index is 5.83. The number of halogens is 2. The molecule has 0 fully saturated rings. The molecule has 0 amide bonds. The first-order valence-corrected chi connectivity index (χ1v) is 5.83. The van der Waals surface area contributed by atoms with Crippen LogP contribution in [0.5, 0.6) is 0 Å². The molecule has 84 valence electrons. The van der Waals surface area contributed by atoms with Gasteiger partial charge in [0.2, 0.25) is 5.28 Å². The van der Waals surface area contributed by atoms with Crippen molar-refractivity contribution in [2.24, 2.45) is 0 Å². The quantitative estimate of drug-likeness (QED) is 0.841. The minimum absolute atomic E-state index is 0.276. The van der Waals surface area contributed by atoms with E-state index in [1.165, 1.54) is 0 Å². The van der Waals surface area contributed by atoms with Gasteiger partial charge in [0.1, 0.15) is 5.82 Å². The van der Waals surface area contributed by atoms with Gasteiger partial charge in [0.25, 0.3) is 0 Å². The highest BCUT2D eigenvalue weighted by atomic mass is 35.5. The lowest BCUT2D eigenvalue weighted by atomic mass is 10.3. The van der Waals surface area contributed by atoms with E-state index in [1.54, 1.807) is 4.68 Å². The van der Waals surface area contributed by atoms with Crippen LogP contribution in [0.2, 0.25) is 10.3 Å². The number of rotatable bonds is 3. The van der Waals surface area contributed by atoms with Crippen LogP contribution in [0.25, 0.3) is 5.69 Å². The predicted octanol–water partition coefficient (Wildman–Crippen LogP) is 3.53. The molecule has 5 heteroatoms. The standard InChI is InChI=1S/C11H11Cl2N3/c1-2-3-10-14-11(13)15-16(10)9-6-4-8(12)5-7-9/h4-7H,2-3H2,1H3. The third-order valence-corrected chi connectivity index (χ3v) is 2.61. The van der Waals surface area contributed by atoms with E-state index < -0.39 is 0 Å². The zero-order valence-corrected chi connectivity index (χ0v) is 10.3. The van der Waals surface area contributed by atoms with Gasteiger partial charge in [0, 0.05) is 11.4 Å². The van der Waals surface area contributed by atoms with Gasteiger partial charge in [-0.3, -0.25) is 0 Å². The van der Waals surface area contributed by atoms with Crippen molar-refractivity contribution in [1.82, 2.24) is 14.8 Å². The molecule has 3 nitrogen and oxygen atoms in total. The number of aromatic nitrogens is 3. The molecule has 2 aromatic rings. The Hall–Kier alpha value is -1.06. The summed E-state index contributed by atoms with van der Waals surface area (Å²) in [5.41, 5.74) is 0.923. The third kappa shape index (κ3) is 2.36. The Balaban J connectivity index is 2.42. The van der Waals surface area contributed by atoms with E-state index in [0.717, 1.165) is 24.4 Å². The van der Waals surface area contributed by atoms with Gasteiger partial charge in [-0.15, -0.1) is 5.10 Å². The maximum atomic E-state index is 5.83. The van der Waals surface area contributed by atoms with Crippen LogP contribution in [0.15, 0.2) is 24.3 Å². The second-order valence-corrected chi connectivity index (χ2v) is 4.21. The highest BCUT2D eigenvalue weighted by molar-refractivity contribution is 6.30. The third-order valence-electron chi connectivity index (χ3n) is 2.19. The van der Waals surface area contributed by atoms with Gasteiger partial charge >= 0.3 is 0 Å². The van der Waals surface area contributed by atoms with E-state index in [9.17, 15) is 0 Å². The highest BCUT2D eigenvalue weighted by Gasteiger charge is 2.09. The molecule has 0 bridgehead atoms. The van der Waals surface area contributed by atoms with Gasteiger partial charge in [-0.25, -0.2) is 9.67 Å². The summed E-state index contributed by atoms with van der Waals surface area (Å²) in [4.78, 5) is 4.18. The summed E-state index contributed by atoms with van der Waals surface area (Å²) in [6.45, 7) is 2.09. The lowest BCUT2D eigenvalue weighted by Crippen LogP contribution is -2.02. The predicted molar refractivity (Wildman–Crippen MR) is 65.4 cm³/mol. The molecule has 1 heterocycles. The molecule has 0 saturated carbocycles. The molecule has 0 N–H and O–H groups in total. The topological polar surface area (TPSA) is 30.7 Å². The monoisotopic (exact) mass is 255 g/mol. The zero-order valence-electron chi connectivity index (χ0n) is 8.82. The average molecular weight is 256 g/mol. The van der Waals surface area contributed by atoms with Crippen molar-refractivity contribution in [3.63, 3.8) is 0 Å². The highest BCUT2D eigenvalue weighted by Crippen LogP contribution is 2.16. The second kappa shape index (κ2) is 4.85. The fourth-order valence-corrected chi connectivity index (χ4v) is 1.79. The zero-order chi connectivity index (χ0) is 11.5. The summed E-state index contributed by atoms with van der Waals surface area (Å²) in [5.74, 6) is 0.870. The molecule has 0 spiro atoms. The van der Waals surface area contributed by atoms with Crippen LogP contribution in [-0.4, -0.2) is 14.8 Å². The smallest absolute Gasteiger partial charge is 0.216 e. The molecule has 0 atom stereocenters. The number of hydrogen-bond donors (Lipinski definition) is 0. The van der Waals surface area contributed by atoms with E-state index in [1.807, 2.05) is 24.3 Å². The van der Waals surface area contributed by atoms with Crippen LogP contribution in [0.3, 0.4) is 0 Å². The van der Waals surface area contributed by atoms with Crippen molar-refractivity contribution < 1.29 is 0 Å². The van der Waals surface area contributed by atoms with Crippen molar-refractivity contribution in [1.29, 1.82) is 0 Å². The normalized spacial score (nSPS) is 10.7. The molecule has 16 heavy (non-hydrogen) atoms. The first-order valence-electron chi connectivity index (χ1n) is 5.08. The van der Waals surface area contributed by atoms with Crippen molar-refractivity contribution in [3.05, 3.63) is 40.4 Å². The lowest BCUT2D eigenvalue weighted by Gasteiger charge is -2.04. The van der Waals surface area contributed by atoms with Gasteiger partial charge in [-0.05, 0) is 42.3 Å². The van der Waals surface area contributed by atoms with E-state index in [4.69, 9.17) is 23.2 Å². The molecule has 0 unspecified atom stereocenters. The van der Waals surface area contributed by atoms with Crippen LogP contribution in [-0.2, 0) is 6.42 Å². The fourth-order valence-electron chi connectivity index (χ4n) is 1.49. The van der Waals surface area contributed by atoms with Crippen LogP contribution in [0.4, 0.5) is 0 Å². The van der Waals surface area contributed by atoms with Gasteiger partial charge in [0.05, 0.1) is 5.69 Å². The number of nitrogens with zero attached hydrogens (tertiary/aromatic N) is 3. The van der Waals surface area contributed by atoms with Crippen LogP contribution in [0.1, 0.15) is 19.2 Å². The summed E-state index contributed by atoms with van der Waals surface area (Å²) < 4.78 is 1.75. The molecule has 0 aliphatic carbocycles. The summed E-state index contributed by atoms with van der Waals surface area (Å²) in [6, 6.07) is 7.43. The van der Waals surface area contributed by atoms with Gasteiger partial charge in [-0.2, -0.15) is 0 Å². The van der Waals surface area contributed by atoms with E-state index in [2.05, 4.69) is 17.0 Å². The van der Waals surface area contributed by atoms with Crippen LogP contribution in [0, 0.1) is 0 Å². The molecule has 0 aliphatic heterocycles. The van der Waals surface area contributed by atoms with Gasteiger partial charge < -0.3 is 0 Å². The molecule has 0 aliphatic rings. The summed E-state index contributed by atoms with van der Waals surface area (Å²) in [6.07, 6.45) is 1.85. The maximum Gasteiger partial charge on any atom is 0.243 e. The average Bonchev–Trinajstić information content (AvgIpc) is 2.61. The van der Waals surface area contributed by atoms with E-state index in [0.29, 0.717) is 5.02 Å². The Kier molecular flexibility index (Phi) is 3.46. The van der Waals surface area contributed by atoms with Crippen LogP contribution >= 0.6 is 23.2 Å². The SMILES string of the molecule is CCCc1nc(Cl)nn1-c1ccc(Cl)cc1. The second-order valence-electron chi connectivity index (χ2n) is 3.44. The molecule has 0 radical (unpaired) electrons. The first kappa shape index (κ1) is 11.4. The van der Waals surface area contributed by atoms with E-state index in [-0.39, 0.29) is 5.28 Å². The largest absolute Gasteiger partial charge is 0.243 e. The number of hydrogen-bond acceptors (Lipinski definition) is 2. The van der Waals surface area contributed by atoms with Gasteiger partial charge in [0.15, 0.2) is 0 Å². The van der Waals surface area contributed by atoms with Crippen LogP contribution < -0.4 is 0 Å². The van der Waals surface area contributed by atoms with Gasteiger partial charge in [-0.1, -0.05) is 18.5 Å². The Labute approximate surface area is 104 Å². The fraction of sp³-hybridized carbons (Fsp3) is 0.273. The Morgan fingerprint density at radius 2 is 1.88 bits per heavy atom. The summed E-state index contributed by atoms with van der Waals surface area (Å²) >= 11 is 11.6. The molecular formula is C11H11Cl2N3. The first-order chi connectivity index (χ1) is 7.70. The minimum Gasteiger partial charge on any atom is -0.216 e. The van der Waals surface area contributed by atoms with Crippen molar-refractivity contribution >= 4 is 23.2 Å². The lowest BCUT2D eigenvalue weighted by molar-refractivity contribution is 0.759. The van der Waals surface area contributed by atoms with Crippen molar-refractivity contribution in [2.45, 2.75) is 19.8 Å². The molecule has 1 aromatic carbocycles. The number of aryl methyl sites for hydroxylation is 1. The minimum atomic E-state index is 0.276. The van der Waals surface area contributed by atoms with Crippen molar-refractivity contribution in [2.75, 3.05) is 0 Å². The summed E-state index contributed by atoms with van der Waals surface area (Å²) in [5, 5.41) is 5.13. The Morgan fingerprint density at radius 1 is 1.19 bits per heavy atom.